The number of hydrogen-bond donors (Lipinski definition) is 5. The lowest BCUT2D eigenvalue weighted by atomic mass is 9.90. The molecule has 2 heterocycles. The Morgan fingerprint density at radius 3 is 2.68 bits per heavy atom. The SMILES string of the molecule is C[Si]1(C)C2=CC(=[NH2+])C=CC2=C(c2ccsc2CO)c2ccc(NC(=O)CC[C@H](N)C(=O)O)cc21. The highest BCUT2D eigenvalue weighted by atomic mass is 32.1. The van der Waals surface area contributed by atoms with Gasteiger partial charge in [0.2, 0.25) is 5.91 Å². The van der Waals surface area contributed by atoms with Gasteiger partial charge >= 0.3 is 5.97 Å². The number of hydrogen-bond acceptors (Lipinski definition) is 5. The molecule has 2 aromatic rings. The van der Waals surface area contributed by atoms with E-state index in [1.807, 2.05) is 41.8 Å². The van der Waals surface area contributed by atoms with Gasteiger partial charge in [0, 0.05) is 29.1 Å². The van der Waals surface area contributed by atoms with Crippen molar-refractivity contribution in [2.24, 2.45) is 5.73 Å². The molecule has 1 atom stereocenters. The van der Waals surface area contributed by atoms with Crippen molar-refractivity contribution in [2.45, 2.75) is 38.6 Å². The predicted molar refractivity (Wildman–Crippen MR) is 137 cm³/mol. The van der Waals surface area contributed by atoms with Crippen LogP contribution in [0.2, 0.25) is 13.1 Å². The van der Waals surface area contributed by atoms with Gasteiger partial charge in [0.05, 0.1) is 6.61 Å². The average molecular weight is 495 g/mol. The second-order valence-corrected chi connectivity index (χ2v) is 14.3. The molecule has 34 heavy (non-hydrogen) atoms. The predicted octanol–water partition coefficient (Wildman–Crippen LogP) is 1.34. The molecule has 176 valence electrons. The molecule has 1 amide bonds. The minimum Gasteiger partial charge on any atom is -0.480 e. The molecule has 9 heteroatoms. The molecule has 0 spiro atoms. The van der Waals surface area contributed by atoms with Crippen molar-refractivity contribution >= 4 is 53.4 Å². The maximum absolute atomic E-state index is 12.5. The molecule has 1 aromatic carbocycles. The number of thiophene rings is 1. The smallest absolute Gasteiger partial charge is 0.320 e. The van der Waals surface area contributed by atoms with Gasteiger partial charge in [-0.2, -0.15) is 0 Å². The van der Waals surface area contributed by atoms with E-state index in [-0.39, 0.29) is 25.4 Å². The van der Waals surface area contributed by atoms with Crippen LogP contribution in [0.5, 0.6) is 0 Å². The van der Waals surface area contributed by atoms with E-state index in [9.17, 15) is 14.7 Å². The van der Waals surface area contributed by atoms with Crippen molar-refractivity contribution in [3.05, 3.63) is 74.6 Å². The molecular weight excluding hydrogens is 466 g/mol. The zero-order valence-electron chi connectivity index (χ0n) is 19.1. The zero-order valence-corrected chi connectivity index (χ0v) is 20.9. The fourth-order valence-corrected chi connectivity index (χ4v) is 8.39. The van der Waals surface area contributed by atoms with Crippen LogP contribution in [0.25, 0.3) is 5.57 Å². The Labute approximate surface area is 202 Å². The van der Waals surface area contributed by atoms with Crippen LogP contribution < -0.4 is 21.6 Å². The van der Waals surface area contributed by atoms with Crippen LogP contribution in [0.3, 0.4) is 0 Å². The van der Waals surface area contributed by atoms with Gasteiger partial charge < -0.3 is 21.3 Å². The summed E-state index contributed by atoms with van der Waals surface area (Å²) < 4.78 is 0. The molecule has 7 N–H and O–H groups in total. The van der Waals surface area contributed by atoms with E-state index < -0.39 is 20.1 Å². The lowest BCUT2D eigenvalue weighted by Gasteiger charge is -2.37. The number of nitrogens with two attached hydrogens (primary N) is 2. The van der Waals surface area contributed by atoms with E-state index in [0.29, 0.717) is 11.4 Å². The number of aliphatic carboxylic acids is 1. The first-order valence-electron chi connectivity index (χ1n) is 11.0. The maximum Gasteiger partial charge on any atom is 0.320 e. The standard InChI is InChI=1S/C25H27N3O4SSi/c1-34(2)21-11-14(26)3-5-17(21)24(16-9-10-33-20(16)13-29)18-6-4-15(12-22(18)34)28-23(30)8-7-19(27)25(31)32/h3-6,9-12,19,26,29H,7-8,13,27H2,1-2H3,(H,28,30)(H,31,32)/p+1/t19-/m0/s1. The van der Waals surface area contributed by atoms with Crippen LogP contribution in [0.4, 0.5) is 5.69 Å². The quantitative estimate of drug-likeness (QED) is 0.370. The van der Waals surface area contributed by atoms with Gasteiger partial charge in [0.25, 0.3) is 0 Å². The Bertz CT molecular complexity index is 1290. The van der Waals surface area contributed by atoms with E-state index in [4.69, 9.17) is 16.2 Å². The van der Waals surface area contributed by atoms with Crippen molar-refractivity contribution in [2.75, 3.05) is 5.32 Å². The summed E-state index contributed by atoms with van der Waals surface area (Å²) in [7, 11) is -2.19. The summed E-state index contributed by atoms with van der Waals surface area (Å²) in [5.74, 6) is -1.40. The summed E-state index contributed by atoms with van der Waals surface area (Å²) in [5, 5.41) is 32.3. The third-order valence-corrected chi connectivity index (χ3v) is 10.8. The van der Waals surface area contributed by atoms with Crippen molar-refractivity contribution < 1.29 is 25.2 Å². The second kappa shape index (κ2) is 9.26. The highest BCUT2D eigenvalue weighted by Crippen LogP contribution is 2.43. The fourth-order valence-electron chi connectivity index (χ4n) is 4.55. The number of allylic oxidation sites excluding steroid dienone is 5. The van der Waals surface area contributed by atoms with Gasteiger partial charge in [0.1, 0.15) is 14.1 Å². The summed E-state index contributed by atoms with van der Waals surface area (Å²) in [5.41, 5.74) is 11.2. The molecule has 7 nitrogen and oxygen atoms in total. The molecule has 0 saturated carbocycles. The molecule has 1 aliphatic heterocycles. The number of carboxylic acid groups (broad SMARTS) is 1. The molecule has 1 aromatic heterocycles. The van der Waals surface area contributed by atoms with Gasteiger partial charge in [-0.1, -0.05) is 19.2 Å². The number of anilines is 1. The Balaban J connectivity index is 1.77. The number of rotatable bonds is 7. The van der Waals surface area contributed by atoms with Crippen LogP contribution in [0.15, 0.2) is 58.6 Å². The van der Waals surface area contributed by atoms with Gasteiger partial charge in [-0.3, -0.25) is 15.0 Å². The first-order valence-corrected chi connectivity index (χ1v) is 14.9. The minimum atomic E-state index is -2.19. The Morgan fingerprint density at radius 2 is 1.97 bits per heavy atom. The number of nitrogens with one attached hydrogen (secondary N) is 1. The molecule has 1 aliphatic carbocycles. The Hall–Kier alpha value is -3.11. The van der Waals surface area contributed by atoms with Crippen molar-refractivity contribution in [3.63, 3.8) is 0 Å². The van der Waals surface area contributed by atoms with E-state index in [1.165, 1.54) is 16.5 Å². The number of carboxylic acids is 1. The van der Waals surface area contributed by atoms with Crippen LogP contribution >= 0.6 is 11.3 Å². The Kier molecular flexibility index (Phi) is 6.55. The van der Waals surface area contributed by atoms with Crippen molar-refractivity contribution in [3.8, 4) is 0 Å². The number of amides is 1. The fraction of sp³-hybridized carbons (Fsp3) is 0.240. The van der Waals surface area contributed by atoms with Crippen LogP contribution in [0.1, 0.15) is 28.8 Å². The second-order valence-electron chi connectivity index (χ2n) is 9.01. The summed E-state index contributed by atoms with van der Waals surface area (Å²) >= 11 is 1.52. The van der Waals surface area contributed by atoms with Crippen LogP contribution in [-0.4, -0.2) is 41.9 Å². The highest BCUT2D eigenvalue weighted by molar-refractivity contribution is 7.10. The van der Waals surface area contributed by atoms with Crippen molar-refractivity contribution in [1.82, 2.24) is 0 Å². The number of aliphatic hydroxyl groups excluding tert-OH is 1. The molecule has 0 saturated heterocycles. The summed E-state index contributed by atoms with van der Waals surface area (Å²) in [6.07, 6.45) is 6.12. The van der Waals surface area contributed by atoms with E-state index in [1.54, 1.807) is 0 Å². The van der Waals surface area contributed by atoms with Gasteiger partial charge in [-0.25, -0.2) is 0 Å². The van der Waals surface area contributed by atoms with E-state index in [0.717, 1.165) is 32.3 Å². The van der Waals surface area contributed by atoms with Gasteiger partial charge in [-0.05, 0) is 68.7 Å². The monoisotopic (exact) mass is 494 g/mol. The largest absolute Gasteiger partial charge is 0.480 e. The van der Waals surface area contributed by atoms with Crippen LogP contribution in [-0.2, 0) is 16.2 Å². The van der Waals surface area contributed by atoms with Gasteiger partial charge in [0.15, 0.2) is 5.71 Å². The lowest BCUT2D eigenvalue weighted by molar-refractivity contribution is -0.138. The summed E-state index contributed by atoms with van der Waals surface area (Å²) in [6.45, 7) is 4.49. The molecular formula is C25H28N3O4SSi+. The number of aliphatic hydroxyl groups is 1. The maximum atomic E-state index is 12.5. The first kappa shape index (κ1) is 24.0. The third kappa shape index (κ3) is 4.35. The lowest BCUT2D eigenvalue weighted by Crippen LogP contribution is -2.50. The minimum absolute atomic E-state index is 0.0247. The molecule has 0 fully saturated rings. The highest BCUT2D eigenvalue weighted by Gasteiger charge is 2.40. The summed E-state index contributed by atoms with van der Waals surface area (Å²) in [4.78, 5) is 24.3. The molecule has 0 radical (unpaired) electrons. The number of carbonyl (C=O) groups is 2. The molecule has 0 unspecified atom stereocenters. The van der Waals surface area contributed by atoms with Crippen molar-refractivity contribution in [1.29, 1.82) is 0 Å². The van der Waals surface area contributed by atoms with Crippen LogP contribution in [0, 0.1) is 0 Å². The first-order chi connectivity index (χ1) is 16.1. The van der Waals surface area contributed by atoms with E-state index >= 15 is 0 Å². The topological polar surface area (TPSA) is 138 Å². The molecule has 4 rings (SSSR count). The summed E-state index contributed by atoms with van der Waals surface area (Å²) in [6, 6.07) is 6.89. The molecule has 2 aliphatic rings. The average Bonchev–Trinajstić information content (AvgIpc) is 3.27. The zero-order chi connectivity index (χ0) is 24.6. The third-order valence-electron chi connectivity index (χ3n) is 6.39. The number of benzene rings is 1. The normalized spacial score (nSPS) is 17.1. The van der Waals surface area contributed by atoms with E-state index in [2.05, 4.69) is 24.5 Å². The number of carbonyl (C=O) groups excluding carboxylic acids is 1. The molecule has 0 bridgehead atoms. The Morgan fingerprint density at radius 1 is 1.21 bits per heavy atom. The number of fused-ring (bicyclic) bond motifs is 2. The van der Waals surface area contributed by atoms with Gasteiger partial charge in [-0.15, -0.1) is 11.3 Å².